The molecule has 0 unspecified atom stereocenters. The summed E-state index contributed by atoms with van der Waals surface area (Å²) in [6, 6.07) is 10.8. The maximum absolute atomic E-state index is 12.4. The molecule has 3 N–H and O–H groups in total. The molecule has 11 heteroatoms. The SMILES string of the molecule is O=C(Nc1nc(CCO)cs1)c1ccc(CNc2ccccc2SCCC(F)(F)F)s1. The number of aliphatic hydroxyl groups excluding tert-OH is 1. The number of nitrogens with zero attached hydrogens (tertiary/aromatic N) is 1. The molecule has 0 saturated heterocycles. The average Bonchev–Trinajstić information content (AvgIpc) is 3.36. The molecule has 0 aliphatic rings. The van der Waals surface area contributed by atoms with Gasteiger partial charge in [-0.25, -0.2) is 4.98 Å². The zero-order chi connectivity index (χ0) is 22.3. The van der Waals surface area contributed by atoms with Gasteiger partial charge in [-0.05, 0) is 24.3 Å². The summed E-state index contributed by atoms with van der Waals surface area (Å²) in [7, 11) is 0. The number of benzene rings is 1. The van der Waals surface area contributed by atoms with E-state index in [9.17, 15) is 18.0 Å². The third-order valence-electron chi connectivity index (χ3n) is 4.01. The van der Waals surface area contributed by atoms with Crippen LogP contribution >= 0.6 is 34.4 Å². The lowest BCUT2D eigenvalue weighted by Gasteiger charge is -2.11. The first kappa shape index (κ1) is 23.6. The van der Waals surface area contributed by atoms with E-state index in [4.69, 9.17) is 5.11 Å². The van der Waals surface area contributed by atoms with Crippen molar-refractivity contribution in [2.24, 2.45) is 0 Å². The van der Waals surface area contributed by atoms with Crippen molar-refractivity contribution in [2.45, 2.75) is 30.5 Å². The average molecular weight is 488 g/mol. The highest BCUT2D eigenvalue weighted by molar-refractivity contribution is 7.99. The Labute approximate surface area is 189 Å². The molecule has 3 aromatic rings. The lowest BCUT2D eigenvalue weighted by Crippen LogP contribution is -2.10. The summed E-state index contributed by atoms with van der Waals surface area (Å²) in [6.07, 6.45) is -4.56. The Morgan fingerprint density at radius 1 is 1.19 bits per heavy atom. The van der Waals surface area contributed by atoms with Crippen LogP contribution in [-0.4, -0.2) is 34.5 Å². The maximum atomic E-state index is 12.4. The molecule has 0 spiro atoms. The van der Waals surface area contributed by atoms with Gasteiger partial charge in [-0.3, -0.25) is 10.1 Å². The lowest BCUT2D eigenvalue weighted by atomic mass is 10.3. The normalized spacial score (nSPS) is 11.5. The molecule has 0 saturated carbocycles. The van der Waals surface area contributed by atoms with Gasteiger partial charge < -0.3 is 10.4 Å². The van der Waals surface area contributed by atoms with Gasteiger partial charge in [-0.1, -0.05) is 12.1 Å². The van der Waals surface area contributed by atoms with Crippen LogP contribution in [0.1, 0.15) is 26.7 Å². The van der Waals surface area contributed by atoms with Crippen LogP contribution in [0.3, 0.4) is 0 Å². The number of para-hydroxylation sites is 1. The van der Waals surface area contributed by atoms with Gasteiger partial charge in [0.25, 0.3) is 5.91 Å². The van der Waals surface area contributed by atoms with Gasteiger partial charge in [0.05, 0.1) is 17.0 Å². The van der Waals surface area contributed by atoms with Crippen molar-refractivity contribution in [3.05, 3.63) is 57.2 Å². The molecular weight excluding hydrogens is 467 g/mol. The zero-order valence-corrected chi connectivity index (χ0v) is 18.7. The van der Waals surface area contributed by atoms with Crippen LogP contribution in [0, 0.1) is 0 Å². The number of amides is 1. The molecule has 0 bridgehead atoms. The summed E-state index contributed by atoms with van der Waals surface area (Å²) in [5.74, 6) is -0.299. The Morgan fingerprint density at radius 3 is 2.77 bits per heavy atom. The first-order valence-corrected chi connectivity index (χ1v) is 12.0. The summed E-state index contributed by atoms with van der Waals surface area (Å²) in [4.78, 5) is 18.9. The van der Waals surface area contributed by atoms with E-state index in [1.807, 2.05) is 18.2 Å². The van der Waals surface area contributed by atoms with E-state index < -0.39 is 12.6 Å². The molecule has 2 heterocycles. The van der Waals surface area contributed by atoms with Crippen LogP contribution in [0.15, 0.2) is 46.7 Å². The van der Waals surface area contributed by atoms with Crippen LogP contribution in [-0.2, 0) is 13.0 Å². The van der Waals surface area contributed by atoms with Crippen molar-refractivity contribution in [3.63, 3.8) is 0 Å². The second-order valence-corrected chi connectivity index (χ2v) is 9.56. The summed E-state index contributed by atoms with van der Waals surface area (Å²) in [5.41, 5.74) is 1.49. The van der Waals surface area contributed by atoms with Crippen molar-refractivity contribution >= 4 is 51.2 Å². The number of thioether (sulfide) groups is 1. The van der Waals surface area contributed by atoms with Gasteiger partial charge in [0.15, 0.2) is 5.13 Å². The number of halogens is 3. The van der Waals surface area contributed by atoms with Gasteiger partial charge >= 0.3 is 6.18 Å². The van der Waals surface area contributed by atoms with Crippen molar-refractivity contribution in [1.29, 1.82) is 0 Å². The molecule has 0 aliphatic carbocycles. The van der Waals surface area contributed by atoms with Crippen LogP contribution < -0.4 is 10.6 Å². The van der Waals surface area contributed by atoms with Crippen LogP contribution in [0.5, 0.6) is 0 Å². The van der Waals surface area contributed by atoms with Gasteiger partial charge in [0, 0.05) is 46.2 Å². The molecule has 0 atom stereocenters. The third-order valence-corrected chi connectivity index (χ3v) is 6.97. The Balaban J connectivity index is 1.54. The predicted molar refractivity (Wildman–Crippen MR) is 120 cm³/mol. The third kappa shape index (κ3) is 7.53. The zero-order valence-electron chi connectivity index (χ0n) is 16.2. The second-order valence-electron chi connectivity index (χ2n) is 6.40. The quantitative estimate of drug-likeness (QED) is 0.322. The molecule has 0 radical (unpaired) electrons. The van der Waals surface area contributed by atoms with E-state index in [1.165, 1.54) is 22.7 Å². The first-order valence-electron chi connectivity index (χ1n) is 9.32. The van der Waals surface area contributed by atoms with Crippen molar-refractivity contribution in [2.75, 3.05) is 23.0 Å². The van der Waals surface area contributed by atoms with Gasteiger partial charge in [-0.15, -0.1) is 34.4 Å². The molecule has 5 nitrogen and oxygen atoms in total. The predicted octanol–water partition coefficient (Wildman–Crippen LogP) is 5.65. The van der Waals surface area contributed by atoms with E-state index in [0.717, 1.165) is 32.9 Å². The monoisotopic (exact) mass is 487 g/mol. The molecule has 1 amide bonds. The number of hydrogen-bond acceptors (Lipinski definition) is 7. The first-order chi connectivity index (χ1) is 14.8. The fraction of sp³-hybridized carbons (Fsp3) is 0.300. The number of carbonyl (C=O) groups excluding carboxylic acids is 1. The maximum Gasteiger partial charge on any atom is 0.389 e. The summed E-state index contributed by atoms with van der Waals surface area (Å²) in [5, 5.41) is 17.2. The number of alkyl halides is 3. The van der Waals surface area contributed by atoms with Crippen molar-refractivity contribution < 1.29 is 23.1 Å². The number of carbonyl (C=O) groups is 1. The molecule has 3 rings (SSSR count). The minimum atomic E-state index is -4.16. The molecular formula is C20H20F3N3O2S3. The van der Waals surface area contributed by atoms with E-state index >= 15 is 0 Å². The van der Waals surface area contributed by atoms with Gasteiger partial charge in [-0.2, -0.15) is 13.2 Å². The minimum Gasteiger partial charge on any atom is -0.396 e. The Morgan fingerprint density at radius 2 is 2.00 bits per heavy atom. The summed E-state index contributed by atoms with van der Waals surface area (Å²) < 4.78 is 37.2. The van der Waals surface area contributed by atoms with E-state index in [0.29, 0.717) is 23.0 Å². The van der Waals surface area contributed by atoms with E-state index in [2.05, 4.69) is 15.6 Å². The Bertz CT molecular complexity index is 1000. The second kappa shape index (κ2) is 11.0. The summed E-state index contributed by atoms with van der Waals surface area (Å²) in [6.45, 7) is 0.453. The number of aliphatic hydroxyl groups is 1. The highest BCUT2D eigenvalue weighted by Gasteiger charge is 2.26. The number of nitrogens with one attached hydrogen (secondary N) is 2. The molecule has 166 valence electrons. The number of thiazole rings is 1. The van der Waals surface area contributed by atoms with E-state index in [-0.39, 0.29) is 18.3 Å². The molecule has 0 fully saturated rings. The number of thiophene rings is 1. The van der Waals surface area contributed by atoms with E-state index in [1.54, 1.807) is 23.6 Å². The number of anilines is 2. The van der Waals surface area contributed by atoms with Crippen molar-refractivity contribution in [3.8, 4) is 0 Å². The highest BCUT2D eigenvalue weighted by atomic mass is 32.2. The van der Waals surface area contributed by atoms with Gasteiger partial charge in [0.2, 0.25) is 0 Å². The topological polar surface area (TPSA) is 74.2 Å². The minimum absolute atomic E-state index is 0.00235. The highest BCUT2D eigenvalue weighted by Crippen LogP contribution is 2.31. The largest absolute Gasteiger partial charge is 0.396 e. The fourth-order valence-corrected chi connectivity index (χ4v) is 5.15. The Hall–Kier alpha value is -2.08. The molecule has 0 aliphatic heterocycles. The molecule has 31 heavy (non-hydrogen) atoms. The van der Waals surface area contributed by atoms with Crippen LogP contribution in [0.25, 0.3) is 0 Å². The van der Waals surface area contributed by atoms with Crippen LogP contribution in [0.2, 0.25) is 0 Å². The summed E-state index contributed by atoms with van der Waals surface area (Å²) >= 11 is 3.79. The molecule has 2 aromatic heterocycles. The molecule has 1 aromatic carbocycles. The Kier molecular flexibility index (Phi) is 8.35. The number of hydrogen-bond donors (Lipinski definition) is 3. The standard InChI is InChI=1S/C20H20F3N3O2S3/c21-20(22,23)8-10-29-16-4-2-1-3-15(16)24-11-14-5-6-17(31-14)18(28)26-19-25-13(7-9-27)12-30-19/h1-6,12,24,27H,7-11H2,(H,25,26,28). The smallest absolute Gasteiger partial charge is 0.389 e. The lowest BCUT2D eigenvalue weighted by molar-refractivity contribution is -0.129. The van der Waals surface area contributed by atoms with Gasteiger partial charge in [0.1, 0.15) is 0 Å². The van der Waals surface area contributed by atoms with Crippen molar-refractivity contribution in [1.82, 2.24) is 4.98 Å². The number of rotatable bonds is 10. The number of aromatic nitrogens is 1. The fourth-order valence-electron chi connectivity index (χ4n) is 2.55. The van der Waals surface area contributed by atoms with Crippen LogP contribution in [0.4, 0.5) is 24.0 Å².